The third-order valence-corrected chi connectivity index (χ3v) is 6.46. The van der Waals surface area contributed by atoms with E-state index in [9.17, 15) is 5.11 Å². The second-order valence-electron chi connectivity index (χ2n) is 8.71. The third-order valence-electron chi connectivity index (χ3n) is 6.46. The average molecular weight is 421 g/mol. The number of aliphatic hydroxyl groups excluding tert-OH is 1. The van der Waals surface area contributed by atoms with Crippen molar-refractivity contribution in [3.05, 3.63) is 70.9 Å². The van der Waals surface area contributed by atoms with Gasteiger partial charge in [0.2, 0.25) is 0 Å². The zero-order valence-electron chi connectivity index (χ0n) is 19.5. The zero-order chi connectivity index (χ0) is 22.4. The van der Waals surface area contributed by atoms with Crippen molar-refractivity contribution in [2.45, 2.75) is 45.8 Å². The van der Waals surface area contributed by atoms with Crippen molar-refractivity contribution in [3.63, 3.8) is 0 Å². The van der Waals surface area contributed by atoms with Crippen LogP contribution >= 0.6 is 0 Å². The minimum absolute atomic E-state index is 0.00333. The topological polar surface area (TPSA) is 60.4 Å². The molecule has 0 amide bonds. The van der Waals surface area contributed by atoms with Crippen LogP contribution in [0.2, 0.25) is 0 Å². The summed E-state index contributed by atoms with van der Waals surface area (Å²) in [6.07, 6.45) is 10.9. The summed E-state index contributed by atoms with van der Waals surface area (Å²) in [6.45, 7) is 8.43. The number of aromatic nitrogens is 1. The Morgan fingerprint density at radius 1 is 1.23 bits per heavy atom. The largest absolute Gasteiger partial charge is 0.392 e. The molecule has 1 aliphatic carbocycles. The molecule has 1 aromatic carbocycles. The quantitative estimate of drug-likeness (QED) is 0.584. The Kier molecular flexibility index (Phi) is 7.65. The number of hydrogen-bond acceptors (Lipinski definition) is 5. The molecule has 3 N–H and O–H groups in total. The minimum atomic E-state index is -0.00333. The second kappa shape index (κ2) is 10.2. The monoisotopic (exact) mass is 420 g/mol. The molecule has 0 fully saturated rings. The van der Waals surface area contributed by atoms with Gasteiger partial charge in [0.1, 0.15) is 5.82 Å². The molecule has 31 heavy (non-hydrogen) atoms. The molecule has 0 spiro atoms. The van der Waals surface area contributed by atoms with Crippen molar-refractivity contribution in [2.24, 2.45) is 0 Å². The van der Waals surface area contributed by atoms with Gasteiger partial charge in [-0.1, -0.05) is 18.2 Å². The highest BCUT2D eigenvalue weighted by atomic mass is 16.3. The van der Waals surface area contributed by atoms with E-state index >= 15 is 0 Å². The van der Waals surface area contributed by atoms with Crippen LogP contribution in [0, 0.1) is 13.8 Å². The summed E-state index contributed by atoms with van der Waals surface area (Å²) in [5.74, 6) is 0.799. The van der Waals surface area contributed by atoms with E-state index in [-0.39, 0.29) is 12.1 Å². The highest BCUT2D eigenvalue weighted by Gasteiger charge is 2.27. The molecule has 0 bridgehead atoms. The SMILES string of the molecule is CNCCN(C)C1(C)C=C(c2ccnc(Nc3cc(C)c(C)c(CO)c3)c2)C=CCC1. The van der Waals surface area contributed by atoms with Crippen molar-refractivity contribution >= 4 is 17.1 Å². The van der Waals surface area contributed by atoms with Gasteiger partial charge in [-0.2, -0.15) is 0 Å². The lowest BCUT2D eigenvalue weighted by atomic mass is 9.91. The van der Waals surface area contributed by atoms with Crippen molar-refractivity contribution < 1.29 is 5.11 Å². The summed E-state index contributed by atoms with van der Waals surface area (Å²) < 4.78 is 0. The van der Waals surface area contributed by atoms with Gasteiger partial charge in [0.15, 0.2) is 0 Å². The standard InChI is InChI=1S/C26H36N4O/c1-19-14-24(15-23(18-31)20(19)2)29-25-16-21(9-11-28-25)22-8-6-7-10-26(3,17-22)30(5)13-12-27-4/h6,8-9,11,14-17,27,31H,7,10,12-13,18H2,1-5H3,(H,28,29). The number of rotatable bonds is 8. The van der Waals surface area contributed by atoms with E-state index in [0.717, 1.165) is 59.7 Å². The number of anilines is 2. The van der Waals surface area contributed by atoms with E-state index in [1.54, 1.807) is 0 Å². The number of benzene rings is 1. The molecule has 2 aromatic rings. The predicted octanol–water partition coefficient (Wildman–Crippen LogP) is 4.58. The van der Waals surface area contributed by atoms with Crippen LogP contribution in [0.1, 0.15) is 42.0 Å². The van der Waals surface area contributed by atoms with Crippen LogP contribution in [0.15, 0.2) is 48.7 Å². The summed E-state index contributed by atoms with van der Waals surface area (Å²) >= 11 is 0. The molecule has 1 unspecified atom stereocenters. The van der Waals surface area contributed by atoms with Crippen LogP contribution in [-0.2, 0) is 6.61 Å². The Labute approximate surface area is 186 Å². The number of aliphatic hydroxyl groups is 1. The molecule has 1 aliphatic rings. The Hall–Kier alpha value is -2.47. The van der Waals surface area contributed by atoms with Gasteiger partial charge in [-0.25, -0.2) is 4.98 Å². The number of aryl methyl sites for hydroxylation is 1. The number of nitrogens with zero attached hydrogens (tertiary/aromatic N) is 2. The second-order valence-corrected chi connectivity index (χ2v) is 8.71. The fraction of sp³-hybridized carbons (Fsp3) is 0.423. The highest BCUT2D eigenvalue weighted by Crippen LogP contribution is 2.31. The molecule has 166 valence electrons. The average Bonchev–Trinajstić information content (AvgIpc) is 2.97. The molecule has 5 heteroatoms. The summed E-state index contributed by atoms with van der Waals surface area (Å²) in [6, 6.07) is 8.26. The van der Waals surface area contributed by atoms with Crippen LogP contribution in [-0.4, -0.2) is 47.7 Å². The number of pyridine rings is 1. The zero-order valence-corrected chi connectivity index (χ0v) is 19.5. The van der Waals surface area contributed by atoms with Gasteiger partial charge in [-0.3, -0.25) is 4.90 Å². The van der Waals surface area contributed by atoms with E-state index in [4.69, 9.17) is 0 Å². The predicted molar refractivity (Wildman–Crippen MR) is 131 cm³/mol. The minimum Gasteiger partial charge on any atom is -0.392 e. The van der Waals surface area contributed by atoms with Crippen molar-refractivity contribution in [3.8, 4) is 0 Å². The molecule has 5 nitrogen and oxygen atoms in total. The first-order chi connectivity index (χ1) is 14.9. The Bertz CT molecular complexity index is 966. The molecular formula is C26H36N4O. The Morgan fingerprint density at radius 2 is 2.03 bits per heavy atom. The fourth-order valence-corrected chi connectivity index (χ4v) is 4.05. The van der Waals surface area contributed by atoms with E-state index in [0.29, 0.717) is 0 Å². The van der Waals surface area contributed by atoms with Crippen molar-refractivity contribution in [2.75, 3.05) is 32.5 Å². The van der Waals surface area contributed by atoms with Crippen LogP contribution in [0.3, 0.4) is 0 Å². The smallest absolute Gasteiger partial charge is 0.130 e. The lowest BCUT2D eigenvalue weighted by Gasteiger charge is -2.36. The molecule has 1 aromatic heterocycles. The molecule has 0 saturated heterocycles. The molecular weight excluding hydrogens is 384 g/mol. The number of allylic oxidation sites excluding steroid dienone is 3. The lowest BCUT2D eigenvalue weighted by molar-refractivity contribution is 0.178. The fourth-order valence-electron chi connectivity index (χ4n) is 4.05. The molecule has 0 saturated carbocycles. The molecule has 0 radical (unpaired) electrons. The first-order valence-electron chi connectivity index (χ1n) is 11.1. The van der Waals surface area contributed by atoms with Gasteiger partial charge in [-0.05, 0) is 99.8 Å². The summed E-state index contributed by atoms with van der Waals surface area (Å²) in [5, 5.41) is 16.3. The first-order valence-corrected chi connectivity index (χ1v) is 11.1. The van der Waals surface area contributed by atoms with Crippen molar-refractivity contribution in [1.82, 2.24) is 15.2 Å². The maximum Gasteiger partial charge on any atom is 0.130 e. The highest BCUT2D eigenvalue weighted by molar-refractivity contribution is 5.77. The van der Waals surface area contributed by atoms with Gasteiger partial charge in [-0.15, -0.1) is 0 Å². The summed E-state index contributed by atoms with van der Waals surface area (Å²) in [4.78, 5) is 6.96. The molecule has 1 atom stereocenters. The maximum atomic E-state index is 9.66. The summed E-state index contributed by atoms with van der Waals surface area (Å²) in [7, 11) is 4.20. The van der Waals surface area contributed by atoms with Gasteiger partial charge in [0.05, 0.1) is 6.61 Å². The molecule has 1 heterocycles. The first kappa shape index (κ1) is 23.2. The van der Waals surface area contributed by atoms with Gasteiger partial charge in [0.25, 0.3) is 0 Å². The van der Waals surface area contributed by atoms with Gasteiger partial charge >= 0.3 is 0 Å². The third kappa shape index (κ3) is 5.62. The van der Waals surface area contributed by atoms with Gasteiger partial charge in [0, 0.05) is 30.5 Å². The van der Waals surface area contributed by atoms with Crippen LogP contribution < -0.4 is 10.6 Å². The Morgan fingerprint density at radius 3 is 2.77 bits per heavy atom. The Balaban J connectivity index is 1.88. The van der Waals surface area contributed by atoms with E-state index in [2.05, 4.69) is 77.8 Å². The van der Waals surface area contributed by atoms with E-state index in [1.165, 1.54) is 5.57 Å². The van der Waals surface area contributed by atoms with Crippen LogP contribution in [0.5, 0.6) is 0 Å². The number of hydrogen-bond donors (Lipinski definition) is 3. The molecule has 3 rings (SSSR count). The van der Waals surface area contributed by atoms with E-state index in [1.807, 2.05) is 26.2 Å². The number of nitrogens with one attached hydrogen (secondary N) is 2. The maximum absolute atomic E-state index is 9.66. The van der Waals surface area contributed by atoms with E-state index < -0.39 is 0 Å². The van der Waals surface area contributed by atoms with Crippen molar-refractivity contribution in [1.29, 1.82) is 0 Å². The van der Waals surface area contributed by atoms with Crippen LogP contribution in [0.25, 0.3) is 5.57 Å². The summed E-state index contributed by atoms with van der Waals surface area (Å²) in [5.41, 5.74) is 6.53. The van der Waals surface area contributed by atoms with Crippen LogP contribution in [0.4, 0.5) is 11.5 Å². The van der Waals surface area contributed by atoms with Gasteiger partial charge < -0.3 is 15.7 Å². The lowest BCUT2D eigenvalue weighted by Crippen LogP contribution is -2.44. The normalized spacial score (nSPS) is 18.7. The molecule has 0 aliphatic heterocycles. The number of likely N-dealkylation sites (N-methyl/N-ethyl adjacent to an activating group) is 2.